The van der Waals surface area contributed by atoms with Crippen molar-refractivity contribution in [2.24, 2.45) is 7.05 Å². The van der Waals surface area contributed by atoms with Gasteiger partial charge in [0.05, 0.1) is 17.9 Å². The van der Waals surface area contributed by atoms with Crippen molar-refractivity contribution in [3.63, 3.8) is 0 Å². The Kier molecular flexibility index (Phi) is 3.46. The Labute approximate surface area is 154 Å². The number of aromatic nitrogens is 6. The lowest BCUT2D eigenvalue weighted by molar-refractivity contribution is 0.717. The molecule has 8 heteroatoms. The molecular weight excluding hydrogens is 346 g/mol. The van der Waals surface area contributed by atoms with Gasteiger partial charge in [0.15, 0.2) is 5.65 Å². The van der Waals surface area contributed by atoms with Gasteiger partial charge in [0.25, 0.3) is 0 Å². The van der Waals surface area contributed by atoms with Crippen molar-refractivity contribution in [3.8, 4) is 10.7 Å². The molecule has 0 radical (unpaired) electrons. The van der Waals surface area contributed by atoms with Crippen molar-refractivity contribution in [1.82, 2.24) is 29.7 Å². The van der Waals surface area contributed by atoms with E-state index in [0.29, 0.717) is 5.65 Å². The van der Waals surface area contributed by atoms with Crippen LogP contribution in [0, 0.1) is 6.92 Å². The van der Waals surface area contributed by atoms with Gasteiger partial charge < -0.3 is 4.90 Å². The maximum absolute atomic E-state index is 4.84. The number of aryl methyl sites for hydroxylation is 2. The second-order valence-corrected chi connectivity index (χ2v) is 7.51. The maximum atomic E-state index is 4.84. The van der Waals surface area contributed by atoms with Gasteiger partial charge in [0.1, 0.15) is 16.3 Å². The highest BCUT2D eigenvalue weighted by atomic mass is 32.1. The van der Waals surface area contributed by atoms with Crippen LogP contribution < -0.4 is 4.90 Å². The Hall–Kier alpha value is -2.87. The third-order valence-electron chi connectivity index (χ3n) is 4.69. The fourth-order valence-electron chi connectivity index (χ4n) is 3.38. The summed E-state index contributed by atoms with van der Waals surface area (Å²) in [7, 11) is 1.95. The quantitative estimate of drug-likeness (QED) is 0.545. The Morgan fingerprint density at radius 2 is 2.00 bits per heavy atom. The Morgan fingerprint density at radius 1 is 1.12 bits per heavy atom. The van der Waals surface area contributed by atoms with Crippen LogP contribution in [0.2, 0.25) is 0 Å². The first kappa shape index (κ1) is 15.4. The van der Waals surface area contributed by atoms with E-state index in [2.05, 4.69) is 33.0 Å². The molecule has 0 unspecified atom stereocenters. The van der Waals surface area contributed by atoms with Crippen molar-refractivity contribution >= 4 is 28.3 Å². The molecule has 0 fully saturated rings. The summed E-state index contributed by atoms with van der Waals surface area (Å²) in [5.41, 5.74) is 4.91. The molecule has 0 aliphatic carbocycles. The molecule has 4 aromatic rings. The normalized spacial score (nSPS) is 14.0. The summed E-state index contributed by atoms with van der Waals surface area (Å²) < 4.78 is 1.87. The average Bonchev–Trinajstić information content (AvgIpc) is 3.26. The predicted octanol–water partition coefficient (Wildman–Crippen LogP) is 2.75. The standard InChI is InChI=1S/C18H17N7S/c1-11-9-13-16(20-7-6-19-13)23-17(11)25-8-4-12-15(10-25)26-18(22-12)14-3-5-21-24(14)2/h3,5-7,9H,4,8,10H2,1-2H3. The monoisotopic (exact) mass is 363 g/mol. The number of thiazole rings is 1. The fourth-order valence-corrected chi connectivity index (χ4v) is 4.56. The Bertz CT molecular complexity index is 1110. The molecule has 4 aromatic heterocycles. The molecule has 0 aromatic carbocycles. The number of hydrogen-bond donors (Lipinski definition) is 0. The van der Waals surface area contributed by atoms with Gasteiger partial charge in [-0.05, 0) is 24.6 Å². The lowest BCUT2D eigenvalue weighted by Gasteiger charge is -2.28. The summed E-state index contributed by atoms with van der Waals surface area (Å²) >= 11 is 1.75. The smallest absolute Gasteiger partial charge is 0.180 e. The molecule has 7 nitrogen and oxygen atoms in total. The first-order valence-corrected chi connectivity index (χ1v) is 9.31. The van der Waals surface area contributed by atoms with Crippen LogP contribution in [0.15, 0.2) is 30.7 Å². The van der Waals surface area contributed by atoms with Gasteiger partial charge in [-0.3, -0.25) is 9.67 Å². The van der Waals surface area contributed by atoms with Crippen LogP contribution in [0.3, 0.4) is 0 Å². The second-order valence-electron chi connectivity index (χ2n) is 6.43. The Balaban J connectivity index is 1.50. The van der Waals surface area contributed by atoms with Crippen LogP contribution in [-0.2, 0) is 20.0 Å². The molecule has 26 heavy (non-hydrogen) atoms. The topological polar surface area (TPSA) is 72.6 Å². The molecule has 0 saturated heterocycles. The van der Waals surface area contributed by atoms with Crippen LogP contribution in [-0.4, -0.2) is 36.3 Å². The first-order valence-electron chi connectivity index (χ1n) is 8.49. The van der Waals surface area contributed by atoms with Gasteiger partial charge in [-0.25, -0.2) is 15.0 Å². The molecule has 5 heterocycles. The van der Waals surface area contributed by atoms with Crippen molar-refractivity contribution in [1.29, 1.82) is 0 Å². The van der Waals surface area contributed by atoms with Crippen molar-refractivity contribution in [2.45, 2.75) is 19.9 Å². The van der Waals surface area contributed by atoms with E-state index < -0.39 is 0 Å². The van der Waals surface area contributed by atoms with E-state index in [1.807, 2.05) is 24.0 Å². The van der Waals surface area contributed by atoms with Crippen molar-refractivity contribution in [3.05, 3.63) is 46.9 Å². The summed E-state index contributed by atoms with van der Waals surface area (Å²) in [4.78, 5) is 21.9. The number of nitrogens with zero attached hydrogens (tertiary/aromatic N) is 7. The lowest BCUT2D eigenvalue weighted by Crippen LogP contribution is -2.31. The van der Waals surface area contributed by atoms with E-state index in [9.17, 15) is 0 Å². The van der Waals surface area contributed by atoms with E-state index in [4.69, 9.17) is 9.97 Å². The third-order valence-corrected chi connectivity index (χ3v) is 5.80. The van der Waals surface area contributed by atoms with Crippen molar-refractivity contribution < 1.29 is 0 Å². The van der Waals surface area contributed by atoms with Gasteiger partial charge >= 0.3 is 0 Å². The van der Waals surface area contributed by atoms with Gasteiger partial charge in [-0.15, -0.1) is 11.3 Å². The summed E-state index contributed by atoms with van der Waals surface area (Å²) in [6, 6.07) is 4.07. The summed E-state index contributed by atoms with van der Waals surface area (Å²) in [5.74, 6) is 0.985. The highest BCUT2D eigenvalue weighted by Crippen LogP contribution is 2.33. The number of rotatable bonds is 2. The van der Waals surface area contributed by atoms with Gasteiger partial charge in [0.2, 0.25) is 0 Å². The molecule has 1 aliphatic heterocycles. The van der Waals surface area contributed by atoms with E-state index >= 15 is 0 Å². The molecular formula is C18H17N7S. The maximum Gasteiger partial charge on any atom is 0.180 e. The van der Waals surface area contributed by atoms with Gasteiger partial charge in [-0.1, -0.05) is 0 Å². The fraction of sp³-hybridized carbons (Fsp3) is 0.278. The molecule has 0 spiro atoms. The minimum Gasteiger partial charge on any atom is -0.351 e. The number of anilines is 1. The minimum absolute atomic E-state index is 0.693. The highest BCUT2D eigenvalue weighted by Gasteiger charge is 2.24. The van der Waals surface area contributed by atoms with Crippen LogP contribution in [0.25, 0.3) is 21.9 Å². The zero-order valence-corrected chi connectivity index (χ0v) is 15.4. The average molecular weight is 363 g/mol. The second kappa shape index (κ2) is 5.84. The molecule has 0 N–H and O–H groups in total. The molecule has 0 amide bonds. The van der Waals surface area contributed by atoms with Gasteiger partial charge in [0, 0.05) is 43.5 Å². The number of pyridine rings is 1. The van der Waals surface area contributed by atoms with E-state index in [1.54, 1.807) is 23.7 Å². The number of hydrogen-bond acceptors (Lipinski definition) is 7. The van der Waals surface area contributed by atoms with Crippen LogP contribution in [0.4, 0.5) is 5.82 Å². The number of fused-ring (bicyclic) bond motifs is 2. The SMILES string of the molecule is Cc1cc2nccnc2nc1N1CCc2nc(-c3ccnn3C)sc2C1. The van der Waals surface area contributed by atoms with Crippen molar-refractivity contribution in [2.75, 3.05) is 11.4 Å². The first-order chi connectivity index (χ1) is 12.7. The zero-order chi connectivity index (χ0) is 17.7. The highest BCUT2D eigenvalue weighted by molar-refractivity contribution is 7.15. The largest absolute Gasteiger partial charge is 0.351 e. The minimum atomic E-state index is 0.693. The third kappa shape index (κ3) is 2.45. The Morgan fingerprint density at radius 3 is 2.85 bits per heavy atom. The van der Waals surface area contributed by atoms with Gasteiger partial charge in [-0.2, -0.15) is 5.10 Å². The van der Waals surface area contributed by atoms with E-state index in [0.717, 1.165) is 47.1 Å². The lowest BCUT2D eigenvalue weighted by atomic mass is 10.1. The molecule has 130 valence electrons. The van der Waals surface area contributed by atoms with Crippen LogP contribution in [0.5, 0.6) is 0 Å². The molecule has 1 aliphatic rings. The zero-order valence-electron chi connectivity index (χ0n) is 14.5. The molecule has 0 atom stereocenters. The summed E-state index contributed by atoms with van der Waals surface area (Å²) in [5, 5.41) is 5.29. The summed E-state index contributed by atoms with van der Waals surface area (Å²) in [6.07, 6.45) is 6.12. The predicted molar refractivity (Wildman–Crippen MR) is 101 cm³/mol. The molecule has 5 rings (SSSR count). The van der Waals surface area contributed by atoms with E-state index in [1.165, 1.54) is 10.6 Å². The van der Waals surface area contributed by atoms with Crippen LogP contribution >= 0.6 is 11.3 Å². The summed E-state index contributed by atoms with van der Waals surface area (Å²) in [6.45, 7) is 3.81. The van der Waals surface area contributed by atoms with Crippen LogP contribution in [0.1, 0.15) is 16.1 Å². The molecule has 0 saturated carbocycles. The van der Waals surface area contributed by atoms with E-state index in [-0.39, 0.29) is 0 Å². The molecule has 0 bridgehead atoms.